The minimum Gasteiger partial charge on any atom is -0.321 e. The number of aromatic amines is 1. The lowest BCUT2D eigenvalue weighted by Gasteiger charge is -2.26. The third-order valence-corrected chi connectivity index (χ3v) is 6.06. The predicted molar refractivity (Wildman–Crippen MR) is 125 cm³/mol. The van der Waals surface area contributed by atoms with Gasteiger partial charge in [0, 0.05) is 23.2 Å². The number of fused-ring (bicyclic) bond motifs is 1. The lowest BCUT2D eigenvalue weighted by Crippen LogP contribution is -2.29. The van der Waals surface area contributed by atoms with Gasteiger partial charge in [-0.1, -0.05) is 30.7 Å². The molecule has 0 atom stereocenters. The van der Waals surface area contributed by atoms with Crippen LogP contribution >= 0.6 is 0 Å². The summed E-state index contributed by atoms with van der Waals surface area (Å²) in [6, 6.07) is 17.2. The number of carbonyl (C=O) groups excluding carboxylic acids is 1. The molecule has 1 amide bonds. The fraction of sp³-hybridized carbons (Fsp3) is 0.231. The molecule has 2 N–H and O–H groups in total. The fourth-order valence-corrected chi connectivity index (χ4v) is 4.39. The van der Waals surface area contributed by atoms with Crippen LogP contribution in [-0.4, -0.2) is 34.1 Å². The first-order valence-electron chi connectivity index (χ1n) is 11.1. The topological polar surface area (TPSA) is 61.0 Å². The first-order chi connectivity index (χ1) is 16.1. The number of rotatable bonds is 5. The van der Waals surface area contributed by atoms with Crippen molar-refractivity contribution >= 4 is 22.5 Å². The zero-order valence-corrected chi connectivity index (χ0v) is 18.1. The maximum atomic E-state index is 14.8. The Kier molecular flexibility index (Phi) is 5.88. The molecule has 168 valence electrons. The Morgan fingerprint density at radius 3 is 2.58 bits per heavy atom. The number of nitrogens with zero attached hydrogens (tertiary/aromatic N) is 2. The normalized spacial score (nSPS) is 14.5. The molecule has 1 saturated heterocycles. The van der Waals surface area contributed by atoms with Crippen LogP contribution in [0.4, 0.5) is 14.5 Å². The molecule has 0 radical (unpaired) electrons. The molecule has 2 heterocycles. The number of nitrogens with one attached hydrogen (secondary N) is 2. The first-order valence-corrected chi connectivity index (χ1v) is 11.1. The van der Waals surface area contributed by atoms with E-state index in [1.165, 1.54) is 12.5 Å². The summed E-state index contributed by atoms with van der Waals surface area (Å²) < 4.78 is 29.3. The van der Waals surface area contributed by atoms with E-state index >= 15 is 0 Å². The number of benzene rings is 3. The van der Waals surface area contributed by atoms with Gasteiger partial charge in [-0.25, -0.2) is 8.78 Å². The first kappa shape index (κ1) is 21.3. The van der Waals surface area contributed by atoms with Gasteiger partial charge in [0.2, 0.25) is 0 Å². The average molecular weight is 447 g/mol. The quantitative estimate of drug-likeness (QED) is 0.411. The number of piperidine rings is 1. The van der Waals surface area contributed by atoms with Gasteiger partial charge in [-0.15, -0.1) is 0 Å². The number of halogens is 2. The van der Waals surface area contributed by atoms with E-state index in [9.17, 15) is 13.6 Å². The zero-order chi connectivity index (χ0) is 22.8. The molecule has 5 rings (SSSR count). The Labute approximate surface area is 190 Å². The van der Waals surface area contributed by atoms with Crippen LogP contribution in [0.3, 0.4) is 0 Å². The summed E-state index contributed by atoms with van der Waals surface area (Å²) in [4.78, 5) is 15.1. The van der Waals surface area contributed by atoms with E-state index in [0.29, 0.717) is 28.7 Å². The number of amides is 1. The van der Waals surface area contributed by atoms with E-state index in [-0.39, 0.29) is 17.2 Å². The molecule has 33 heavy (non-hydrogen) atoms. The van der Waals surface area contributed by atoms with Crippen molar-refractivity contribution in [2.24, 2.45) is 0 Å². The lowest BCUT2D eigenvalue weighted by atomic mass is 9.99. The molecule has 0 aliphatic carbocycles. The molecule has 5 nitrogen and oxygen atoms in total. The molecule has 3 aromatic carbocycles. The second kappa shape index (κ2) is 9.11. The van der Waals surface area contributed by atoms with Crippen LogP contribution in [0, 0.1) is 11.6 Å². The molecule has 1 aromatic heterocycles. The summed E-state index contributed by atoms with van der Waals surface area (Å²) >= 11 is 0. The van der Waals surface area contributed by atoms with Gasteiger partial charge in [0.25, 0.3) is 5.91 Å². The number of anilines is 1. The van der Waals surface area contributed by atoms with E-state index in [1.54, 1.807) is 36.4 Å². The van der Waals surface area contributed by atoms with Crippen molar-refractivity contribution in [1.29, 1.82) is 0 Å². The molecule has 0 unspecified atom stereocenters. The van der Waals surface area contributed by atoms with Crippen LogP contribution in [0.25, 0.3) is 22.0 Å². The second-order valence-corrected chi connectivity index (χ2v) is 8.43. The molecule has 7 heteroatoms. The number of hydrogen-bond acceptors (Lipinski definition) is 3. The van der Waals surface area contributed by atoms with E-state index in [0.717, 1.165) is 31.5 Å². The highest BCUT2D eigenvalue weighted by molar-refractivity contribution is 6.11. The summed E-state index contributed by atoms with van der Waals surface area (Å²) in [5.74, 6) is -2.14. The smallest absolute Gasteiger partial charge is 0.276 e. The van der Waals surface area contributed by atoms with Crippen molar-refractivity contribution in [2.45, 2.75) is 25.8 Å². The molecule has 1 aliphatic rings. The molecule has 0 spiro atoms. The van der Waals surface area contributed by atoms with Gasteiger partial charge in [0.15, 0.2) is 17.3 Å². The molecule has 1 aliphatic heterocycles. The summed E-state index contributed by atoms with van der Waals surface area (Å²) in [7, 11) is 0. The third kappa shape index (κ3) is 4.50. The molecular weight excluding hydrogens is 422 g/mol. The Balaban J connectivity index is 1.48. The zero-order valence-electron chi connectivity index (χ0n) is 18.1. The molecule has 1 fully saturated rings. The van der Waals surface area contributed by atoms with Gasteiger partial charge in [-0.2, -0.15) is 5.10 Å². The van der Waals surface area contributed by atoms with E-state index in [2.05, 4.69) is 20.4 Å². The van der Waals surface area contributed by atoms with Crippen LogP contribution in [0.1, 0.15) is 35.3 Å². The van der Waals surface area contributed by atoms with Crippen LogP contribution in [-0.2, 0) is 6.54 Å². The van der Waals surface area contributed by atoms with Crippen molar-refractivity contribution in [3.05, 3.63) is 83.6 Å². The predicted octanol–water partition coefficient (Wildman–Crippen LogP) is 5.75. The Hall–Kier alpha value is -3.58. The Bertz CT molecular complexity index is 1300. The Morgan fingerprint density at radius 1 is 1.00 bits per heavy atom. The lowest BCUT2D eigenvalue weighted by molar-refractivity contribution is 0.102. The van der Waals surface area contributed by atoms with Crippen molar-refractivity contribution in [1.82, 2.24) is 15.1 Å². The average Bonchev–Trinajstić information content (AvgIpc) is 3.26. The largest absolute Gasteiger partial charge is 0.321 e. The second-order valence-electron chi connectivity index (χ2n) is 8.43. The van der Waals surface area contributed by atoms with Gasteiger partial charge in [-0.05, 0) is 73.5 Å². The highest BCUT2D eigenvalue weighted by Crippen LogP contribution is 2.30. The SMILES string of the molecule is O=C(Nc1ccccc1)c1n[nH]c2ccc(-c3cc(CN4CCCCC4)cc(F)c3F)cc12. The van der Waals surface area contributed by atoms with Gasteiger partial charge >= 0.3 is 0 Å². The standard InChI is InChI=1S/C26H24F2N4O/c27-22-14-17(16-32-11-5-2-6-12-32)13-20(24(22)28)18-9-10-23-21(15-18)25(31-30-23)26(33)29-19-7-3-1-4-8-19/h1,3-4,7-10,13-15H,2,5-6,11-12,16H2,(H,29,33)(H,30,31). The summed E-state index contributed by atoms with van der Waals surface area (Å²) in [5.41, 5.74) is 2.89. The number of para-hydroxylation sites is 1. The number of H-pyrrole nitrogens is 1. The van der Waals surface area contributed by atoms with Crippen molar-refractivity contribution in [2.75, 3.05) is 18.4 Å². The monoisotopic (exact) mass is 446 g/mol. The van der Waals surface area contributed by atoms with Gasteiger partial charge in [0.05, 0.1) is 5.52 Å². The van der Waals surface area contributed by atoms with Crippen LogP contribution in [0.5, 0.6) is 0 Å². The minimum atomic E-state index is -0.893. The van der Waals surface area contributed by atoms with Crippen molar-refractivity contribution < 1.29 is 13.6 Å². The third-order valence-electron chi connectivity index (χ3n) is 6.06. The highest BCUT2D eigenvalue weighted by atomic mass is 19.2. The summed E-state index contributed by atoms with van der Waals surface area (Å²) in [6.07, 6.45) is 3.47. The summed E-state index contributed by atoms with van der Waals surface area (Å²) in [5, 5.41) is 10.3. The van der Waals surface area contributed by atoms with Gasteiger partial charge in [0.1, 0.15) is 0 Å². The van der Waals surface area contributed by atoms with Gasteiger partial charge in [-0.3, -0.25) is 14.8 Å². The number of hydrogen-bond donors (Lipinski definition) is 2. The van der Waals surface area contributed by atoms with Crippen LogP contribution in [0.2, 0.25) is 0 Å². The minimum absolute atomic E-state index is 0.180. The van der Waals surface area contributed by atoms with Crippen LogP contribution < -0.4 is 5.32 Å². The van der Waals surface area contributed by atoms with Crippen molar-refractivity contribution in [3.8, 4) is 11.1 Å². The molecular formula is C26H24F2N4O. The number of likely N-dealkylation sites (tertiary alicyclic amines) is 1. The maximum Gasteiger partial charge on any atom is 0.276 e. The molecule has 0 bridgehead atoms. The molecule has 4 aromatic rings. The number of carbonyl (C=O) groups is 1. The van der Waals surface area contributed by atoms with Gasteiger partial charge < -0.3 is 5.32 Å². The molecule has 0 saturated carbocycles. The van der Waals surface area contributed by atoms with E-state index in [4.69, 9.17) is 0 Å². The summed E-state index contributed by atoms with van der Waals surface area (Å²) in [6.45, 7) is 2.52. The van der Waals surface area contributed by atoms with Crippen molar-refractivity contribution in [3.63, 3.8) is 0 Å². The number of aromatic nitrogens is 2. The van der Waals surface area contributed by atoms with Crippen LogP contribution in [0.15, 0.2) is 60.7 Å². The fourth-order valence-electron chi connectivity index (χ4n) is 4.39. The van der Waals surface area contributed by atoms with E-state index < -0.39 is 11.6 Å². The van der Waals surface area contributed by atoms with E-state index in [1.807, 2.05) is 18.2 Å². The highest BCUT2D eigenvalue weighted by Gasteiger charge is 2.19. The maximum absolute atomic E-state index is 14.8. The Morgan fingerprint density at radius 2 is 1.79 bits per heavy atom.